The van der Waals surface area contributed by atoms with Crippen molar-refractivity contribution in [2.45, 2.75) is 26.8 Å². The summed E-state index contributed by atoms with van der Waals surface area (Å²) in [6.07, 6.45) is 0. The van der Waals surface area contributed by atoms with Crippen LogP contribution in [0.3, 0.4) is 0 Å². The maximum atomic E-state index is 11.4. The predicted octanol–water partition coefficient (Wildman–Crippen LogP) is -1.16. The highest BCUT2D eigenvalue weighted by Gasteiger charge is 2.28. The number of carbonyl (C=O) groups is 2. The standard InChI is InChI=1S/C16H22N2O3/c1-11-4-5-14(10-12(11)2)13(3)17-6-8-18(9-7-17)15(19)16(20)21/h4-5,10,13H,6-9H2,1-3H3,(H,20,21)/t13-/m1/s1. The number of benzene rings is 1. The monoisotopic (exact) mass is 290 g/mol. The van der Waals surface area contributed by atoms with Crippen LogP contribution in [0.1, 0.15) is 29.7 Å². The Morgan fingerprint density at radius 2 is 1.81 bits per heavy atom. The van der Waals surface area contributed by atoms with E-state index in [1.54, 1.807) is 0 Å². The second-order valence-electron chi connectivity index (χ2n) is 5.80. The van der Waals surface area contributed by atoms with Crippen molar-refractivity contribution in [1.82, 2.24) is 4.90 Å². The van der Waals surface area contributed by atoms with Crippen molar-refractivity contribution in [3.05, 3.63) is 34.9 Å². The van der Waals surface area contributed by atoms with E-state index in [0.29, 0.717) is 19.1 Å². The molecule has 114 valence electrons. The number of carboxylic acids is 1. The number of nitrogens with zero attached hydrogens (tertiary/aromatic N) is 1. The highest BCUT2D eigenvalue weighted by molar-refractivity contribution is 6.30. The number of piperazine rings is 1. The van der Waals surface area contributed by atoms with E-state index >= 15 is 0 Å². The first-order chi connectivity index (χ1) is 9.90. The van der Waals surface area contributed by atoms with Gasteiger partial charge in [-0.1, -0.05) is 12.1 Å². The smallest absolute Gasteiger partial charge is 0.269 e. The maximum Gasteiger partial charge on any atom is 0.269 e. The number of carboxylic acid groups (broad SMARTS) is 1. The summed E-state index contributed by atoms with van der Waals surface area (Å²) in [5, 5.41) is 10.6. The summed E-state index contributed by atoms with van der Waals surface area (Å²) in [5.41, 5.74) is 3.85. The first kappa shape index (κ1) is 15.5. The topological polar surface area (TPSA) is 64.9 Å². The van der Waals surface area contributed by atoms with Gasteiger partial charge in [0.05, 0.1) is 26.2 Å². The van der Waals surface area contributed by atoms with Crippen molar-refractivity contribution in [1.29, 1.82) is 0 Å². The minimum atomic E-state index is -1.61. The van der Waals surface area contributed by atoms with E-state index in [4.69, 9.17) is 0 Å². The number of carbonyl (C=O) groups excluding carboxylic acids is 2. The van der Waals surface area contributed by atoms with Gasteiger partial charge in [0.2, 0.25) is 0 Å². The third-order valence-corrected chi connectivity index (χ3v) is 4.51. The molecule has 0 radical (unpaired) electrons. The molecule has 0 bridgehead atoms. The molecule has 21 heavy (non-hydrogen) atoms. The Balaban J connectivity index is 1.99. The third kappa shape index (κ3) is 3.42. The molecule has 0 spiro atoms. The third-order valence-electron chi connectivity index (χ3n) is 4.51. The average Bonchev–Trinajstić information content (AvgIpc) is 2.48. The zero-order valence-corrected chi connectivity index (χ0v) is 12.8. The molecule has 0 aliphatic carbocycles. The highest BCUT2D eigenvalue weighted by Crippen LogP contribution is 2.15. The van der Waals surface area contributed by atoms with Crippen LogP contribution in [0.25, 0.3) is 0 Å². The Morgan fingerprint density at radius 3 is 2.33 bits per heavy atom. The maximum absolute atomic E-state index is 11.4. The van der Waals surface area contributed by atoms with E-state index in [0.717, 1.165) is 13.1 Å². The van der Waals surface area contributed by atoms with E-state index in [1.165, 1.54) is 26.5 Å². The van der Waals surface area contributed by atoms with Gasteiger partial charge < -0.3 is 19.7 Å². The molecular weight excluding hydrogens is 268 g/mol. The fourth-order valence-corrected chi connectivity index (χ4v) is 2.83. The first-order valence-corrected chi connectivity index (χ1v) is 7.32. The quantitative estimate of drug-likeness (QED) is 0.699. The van der Waals surface area contributed by atoms with Crippen molar-refractivity contribution >= 4 is 11.9 Å². The summed E-state index contributed by atoms with van der Waals surface area (Å²) in [7, 11) is 0. The molecule has 5 nitrogen and oxygen atoms in total. The number of amides is 1. The van der Waals surface area contributed by atoms with Gasteiger partial charge in [0, 0.05) is 5.56 Å². The highest BCUT2D eigenvalue weighted by atomic mass is 16.4. The molecule has 1 aromatic carbocycles. The number of aryl methyl sites for hydroxylation is 2. The summed E-state index contributed by atoms with van der Waals surface area (Å²) in [6.45, 7) is 8.84. The Morgan fingerprint density at radius 1 is 1.19 bits per heavy atom. The largest absolute Gasteiger partial charge is 0.540 e. The van der Waals surface area contributed by atoms with Crippen LogP contribution in [0.15, 0.2) is 18.2 Å². The van der Waals surface area contributed by atoms with Gasteiger partial charge in [0.25, 0.3) is 5.91 Å². The van der Waals surface area contributed by atoms with Gasteiger partial charge in [-0.25, -0.2) is 0 Å². The SMILES string of the molecule is Cc1ccc([C@@H](C)[NH+]2CCN(C(=O)C(=O)[O-])CC2)cc1C. The molecule has 1 fully saturated rings. The summed E-state index contributed by atoms with van der Waals surface area (Å²) >= 11 is 0. The van der Waals surface area contributed by atoms with Crippen molar-refractivity contribution < 1.29 is 19.6 Å². The Bertz CT molecular complexity index is 548. The van der Waals surface area contributed by atoms with Crippen LogP contribution in [-0.4, -0.2) is 43.0 Å². The molecule has 1 N–H and O–H groups in total. The molecule has 1 saturated heterocycles. The Hall–Kier alpha value is -1.88. The van der Waals surface area contributed by atoms with Gasteiger partial charge in [-0.2, -0.15) is 0 Å². The molecule has 2 rings (SSSR count). The van der Waals surface area contributed by atoms with Gasteiger partial charge in [-0.15, -0.1) is 0 Å². The van der Waals surface area contributed by atoms with E-state index in [9.17, 15) is 14.7 Å². The first-order valence-electron chi connectivity index (χ1n) is 7.32. The fourth-order valence-electron chi connectivity index (χ4n) is 2.83. The van der Waals surface area contributed by atoms with E-state index < -0.39 is 11.9 Å². The number of hydrogen-bond donors (Lipinski definition) is 1. The van der Waals surface area contributed by atoms with Crippen molar-refractivity contribution in [2.75, 3.05) is 26.2 Å². The summed E-state index contributed by atoms with van der Waals surface area (Å²) in [5.74, 6) is -2.51. The average molecular weight is 290 g/mol. The van der Waals surface area contributed by atoms with Gasteiger partial charge in [-0.05, 0) is 38.0 Å². The van der Waals surface area contributed by atoms with Crippen molar-refractivity contribution in [3.8, 4) is 0 Å². The lowest BCUT2D eigenvalue weighted by Gasteiger charge is -2.35. The second-order valence-corrected chi connectivity index (χ2v) is 5.80. The van der Waals surface area contributed by atoms with E-state index in [-0.39, 0.29) is 0 Å². The molecular formula is C16H22N2O3. The molecule has 0 aromatic heterocycles. The minimum absolute atomic E-state index is 0.338. The molecule has 1 aliphatic rings. The van der Waals surface area contributed by atoms with Gasteiger partial charge in [-0.3, -0.25) is 4.79 Å². The lowest BCUT2D eigenvalue weighted by Crippen LogP contribution is -3.14. The fraction of sp³-hybridized carbons (Fsp3) is 0.500. The van der Waals surface area contributed by atoms with Crippen LogP contribution in [0.5, 0.6) is 0 Å². The molecule has 1 heterocycles. The molecule has 1 aliphatic heterocycles. The molecule has 5 heteroatoms. The molecule has 1 amide bonds. The van der Waals surface area contributed by atoms with Gasteiger partial charge in [0.15, 0.2) is 0 Å². The number of rotatable bonds is 2. The summed E-state index contributed by atoms with van der Waals surface area (Å²) in [4.78, 5) is 24.7. The van der Waals surface area contributed by atoms with Crippen LogP contribution in [0, 0.1) is 13.8 Å². The molecule has 0 saturated carbocycles. The molecule has 1 atom stereocenters. The second kappa shape index (κ2) is 6.26. The van der Waals surface area contributed by atoms with Crippen LogP contribution in [0.4, 0.5) is 0 Å². The number of quaternary nitrogens is 1. The number of nitrogens with one attached hydrogen (secondary N) is 1. The van der Waals surface area contributed by atoms with Crippen LogP contribution in [0.2, 0.25) is 0 Å². The Kier molecular flexibility index (Phi) is 4.63. The van der Waals surface area contributed by atoms with Crippen LogP contribution >= 0.6 is 0 Å². The van der Waals surface area contributed by atoms with Gasteiger partial charge >= 0.3 is 0 Å². The van der Waals surface area contributed by atoms with Crippen molar-refractivity contribution in [2.24, 2.45) is 0 Å². The van der Waals surface area contributed by atoms with Crippen LogP contribution < -0.4 is 10.0 Å². The number of aliphatic carboxylic acids is 1. The van der Waals surface area contributed by atoms with Crippen molar-refractivity contribution in [3.63, 3.8) is 0 Å². The zero-order chi connectivity index (χ0) is 15.6. The predicted molar refractivity (Wildman–Crippen MR) is 76.6 cm³/mol. The molecule has 1 aromatic rings. The normalized spacial score (nSPS) is 17.6. The zero-order valence-electron chi connectivity index (χ0n) is 12.8. The lowest BCUT2D eigenvalue weighted by atomic mass is 10.0. The van der Waals surface area contributed by atoms with Gasteiger partial charge in [0.1, 0.15) is 12.0 Å². The van der Waals surface area contributed by atoms with E-state index in [2.05, 4.69) is 39.0 Å². The molecule has 0 unspecified atom stereocenters. The van der Waals surface area contributed by atoms with Crippen LogP contribution in [-0.2, 0) is 9.59 Å². The van der Waals surface area contributed by atoms with E-state index in [1.807, 2.05) is 0 Å². The lowest BCUT2D eigenvalue weighted by molar-refractivity contribution is -0.933. The Labute approximate surface area is 125 Å². The summed E-state index contributed by atoms with van der Waals surface area (Å²) in [6, 6.07) is 6.84. The minimum Gasteiger partial charge on any atom is -0.540 e. The summed E-state index contributed by atoms with van der Waals surface area (Å²) < 4.78 is 0. The number of hydrogen-bond acceptors (Lipinski definition) is 3.